The summed E-state index contributed by atoms with van der Waals surface area (Å²) < 4.78 is 95.1. The Balaban J connectivity index is 4.12. The summed E-state index contributed by atoms with van der Waals surface area (Å²) in [5, 5.41) is 58.0. The van der Waals surface area contributed by atoms with Crippen LogP contribution in [0, 0.1) is 0 Å². The number of nitrogens with one attached hydrogen (secondary N) is 8. The van der Waals surface area contributed by atoms with Crippen molar-refractivity contribution < 1.29 is 132 Å². The molecule has 0 aromatic heterocycles. The first kappa shape index (κ1) is 92.1. The minimum atomic E-state index is -3.91. The molecule has 0 unspecified atom stereocenters. The highest BCUT2D eigenvalue weighted by Gasteiger charge is 2.34. The molecule has 1 aliphatic rings. The van der Waals surface area contributed by atoms with Crippen molar-refractivity contribution in [2.24, 2.45) is 0 Å². The molecule has 0 saturated carbocycles. The number of aliphatic carboxylic acids is 4. The predicted molar refractivity (Wildman–Crippen MR) is 356 cm³/mol. The highest BCUT2D eigenvalue weighted by atomic mass is 31.2. The van der Waals surface area contributed by atoms with Crippen LogP contribution in [0.15, 0.2) is 0 Å². The maximum absolute atomic E-state index is 14.2. The number of carbonyl (C=O) groups is 12. The van der Waals surface area contributed by atoms with Gasteiger partial charge >= 0.3 is 54.3 Å². The second-order valence-corrected chi connectivity index (χ2v) is 30.1. The van der Waals surface area contributed by atoms with Gasteiger partial charge in [-0.2, -0.15) is 0 Å². The largest absolute Gasteiger partial charge is 0.481 e. The summed E-state index contributed by atoms with van der Waals surface area (Å²) in [6.45, 7) is 8.03. The molecule has 0 aliphatic carbocycles. The van der Waals surface area contributed by atoms with Crippen LogP contribution in [0.2, 0.25) is 0 Å². The molecule has 8 amide bonds. The van der Waals surface area contributed by atoms with E-state index >= 15 is 0 Å². The van der Waals surface area contributed by atoms with E-state index in [4.69, 9.17) is 36.2 Å². The minimum Gasteiger partial charge on any atom is -0.481 e. The Morgan fingerprint density at radius 2 is 0.450 bits per heavy atom. The predicted octanol–water partition coefficient (Wildman–Crippen LogP) is -0.0344. The first-order chi connectivity index (χ1) is 47.2. The summed E-state index contributed by atoms with van der Waals surface area (Å²) >= 11 is 0. The second-order valence-electron chi connectivity index (χ2n) is 21.9. The summed E-state index contributed by atoms with van der Waals surface area (Å²) in [7, 11) is -15.6. The first-order valence-corrected chi connectivity index (χ1v) is 39.7. The average Bonchev–Trinajstić information content (AvgIpc) is 0.929. The monoisotopic (exact) mass is 1520 g/mol. The van der Waals surface area contributed by atoms with Crippen LogP contribution >= 0.6 is 30.4 Å². The normalized spacial score (nSPS) is 15.4. The van der Waals surface area contributed by atoms with Crippen molar-refractivity contribution in [1.29, 1.82) is 0 Å². The number of rotatable bonds is 52. The molecule has 1 heterocycles. The van der Waals surface area contributed by atoms with E-state index in [9.17, 15) is 96.2 Å². The highest BCUT2D eigenvalue weighted by Crippen LogP contribution is 2.49. The van der Waals surface area contributed by atoms with Gasteiger partial charge in [0.15, 0.2) is 0 Å². The summed E-state index contributed by atoms with van der Waals surface area (Å²) in [5.74, 6) is -12.7. The molecule has 100 heavy (non-hydrogen) atoms. The number of carboxylic acid groups (broad SMARTS) is 4. The van der Waals surface area contributed by atoms with E-state index in [1.165, 1.54) is 75.0 Å². The van der Waals surface area contributed by atoms with Crippen LogP contribution in [-0.2, 0) is 112 Å². The molecular weight excluding hydrogens is 1410 g/mol. The molecule has 1 rings (SSSR count). The molecule has 0 aromatic rings. The fourth-order valence-electron chi connectivity index (χ4n) is 9.41. The van der Waals surface area contributed by atoms with Gasteiger partial charge in [-0.1, -0.05) is 0 Å². The molecule has 0 spiro atoms. The molecule has 0 radical (unpaired) electrons. The molecule has 0 aromatic carbocycles. The Morgan fingerprint density at radius 1 is 0.300 bits per heavy atom. The van der Waals surface area contributed by atoms with Gasteiger partial charge in [0.2, 0.25) is 47.3 Å². The maximum atomic E-state index is 14.2. The van der Waals surface area contributed by atoms with Gasteiger partial charge in [0.25, 0.3) is 0 Å². The van der Waals surface area contributed by atoms with Crippen LogP contribution in [0.1, 0.15) is 107 Å². The maximum Gasteiger partial charge on any atom is 0.349 e. The Labute approximate surface area is 581 Å². The number of carbonyl (C=O) groups excluding carboxylic acids is 8. The number of nitrogens with zero attached hydrogens (tertiary/aromatic N) is 4. The third kappa shape index (κ3) is 40.1. The number of carboxylic acids is 4. The van der Waals surface area contributed by atoms with Crippen molar-refractivity contribution in [2.45, 2.75) is 131 Å². The Bertz CT molecular complexity index is 2430. The smallest absolute Gasteiger partial charge is 0.349 e. The average molecular weight is 1520 g/mol. The van der Waals surface area contributed by atoms with Crippen LogP contribution < -0.4 is 42.5 Å². The van der Waals surface area contributed by atoms with Crippen LogP contribution in [0.5, 0.6) is 0 Å². The molecule has 1 saturated heterocycles. The van der Waals surface area contributed by atoms with Gasteiger partial charge < -0.3 is 99.2 Å². The molecule has 1 aliphatic heterocycles. The molecule has 40 nitrogen and oxygen atoms in total. The number of amides is 8. The van der Waals surface area contributed by atoms with Crippen LogP contribution in [0.25, 0.3) is 0 Å². The van der Waals surface area contributed by atoms with Crippen molar-refractivity contribution in [1.82, 2.24) is 62.1 Å². The third-order valence-electron chi connectivity index (χ3n) is 14.0. The van der Waals surface area contributed by atoms with Crippen molar-refractivity contribution in [2.75, 3.05) is 157 Å². The minimum absolute atomic E-state index is 0.0684. The van der Waals surface area contributed by atoms with E-state index in [1.54, 1.807) is 0 Å². The third-order valence-corrected chi connectivity index (χ3v) is 21.4. The fourth-order valence-corrected chi connectivity index (χ4v) is 15.0. The summed E-state index contributed by atoms with van der Waals surface area (Å²) in [6, 6.07) is -6.20. The van der Waals surface area contributed by atoms with Gasteiger partial charge in [0, 0.05) is 78.0 Å². The first-order valence-electron chi connectivity index (χ1n) is 32.7. The van der Waals surface area contributed by atoms with Gasteiger partial charge in [-0.05, 0) is 81.1 Å². The van der Waals surface area contributed by atoms with Gasteiger partial charge in [0.05, 0.1) is 79.0 Å². The summed E-state index contributed by atoms with van der Waals surface area (Å²) in [4.78, 5) is 165. The lowest BCUT2D eigenvalue weighted by molar-refractivity contribution is -0.139. The van der Waals surface area contributed by atoms with E-state index in [-0.39, 0.29) is 105 Å². The highest BCUT2D eigenvalue weighted by molar-refractivity contribution is 7.54. The molecule has 0 bridgehead atoms. The van der Waals surface area contributed by atoms with E-state index in [1.807, 2.05) is 0 Å². The number of hydrogen-bond donors (Lipinski definition) is 12. The van der Waals surface area contributed by atoms with E-state index in [0.29, 0.717) is 0 Å². The zero-order valence-corrected chi connectivity index (χ0v) is 61.7. The summed E-state index contributed by atoms with van der Waals surface area (Å²) in [5.41, 5.74) is 0. The standard InChI is InChI=1S/C56H104N12O28P4/c1-9-89-97(85,90-10-2)37-57-53(81)41(17-21-49(73)74)61-45(69)33-65-25-27-66(34-46(70)62-42(18-22-50(75)76)54(82)58-38-98(86,91-11-3)92-12-4)29-31-68(36-48(72)64-44(20-24-52(79)80)56(84)60-40-100(88,95-15-7)96-16-8)32-30-67(28-26-65)35-47(71)63-43(19-23-51(77)78)55(83)59-39-99(87,93-13-5)94-14-6/h41-44H,9-40H2,1-8H3,(H,57,81)(H,58,82)(H,59,83)(H,60,84)(H,61,69)(H,62,70)(H,63,71)(H,64,72)(H,73,74)(H,75,76)(H,77,78)(H,79,80)/t41-,42-,43-,44-/m0/s1. The molecule has 12 N–H and O–H groups in total. The molecule has 576 valence electrons. The van der Waals surface area contributed by atoms with Crippen molar-refractivity contribution >= 4 is 102 Å². The Hall–Kier alpha value is -5.92. The molecule has 44 heteroatoms. The van der Waals surface area contributed by atoms with Crippen LogP contribution in [0.4, 0.5) is 0 Å². The zero-order valence-electron chi connectivity index (χ0n) is 58.1. The SMILES string of the molecule is CCOP(=O)(CNC(=O)[C@H](CCC(=O)O)NC(=O)CN1CCN(CC(=O)N[C@@H](CCC(=O)O)C(=O)NCP(=O)(OCC)OCC)CCN(CC(=O)N[C@@H](CCC(=O)O)C(=O)NCP(=O)(OCC)OCC)CCN(CC(=O)N[C@@H](CCC(=O)O)C(=O)NCP(=O)(OCC)OCC)CC1)OCC. The van der Waals surface area contributed by atoms with E-state index in [2.05, 4.69) is 42.5 Å². The van der Waals surface area contributed by atoms with Gasteiger partial charge in [-0.3, -0.25) is 95.4 Å². The van der Waals surface area contributed by atoms with Crippen molar-refractivity contribution in [3.63, 3.8) is 0 Å². The topological polar surface area (TPSA) is 537 Å². The van der Waals surface area contributed by atoms with Crippen LogP contribution in [0.3, 0.4) is 0 Å². The second kappa shape index (κ2) is 49.6. The van der Waals surface area contributed by atoms with Crippen LogP contribution in [-0.4, -0.2) is 292 Å². The van der Waals surface area contributed by atoms with Crippen molar-refractivity contribution in [3.8, 4) is 0 Å². The lowest BCUT2D eigenvalue weighted by atomic mass is 10.1. The van der Waals surface area contributed by atoms with Crippen molar-refractivity contribution in [3.05, 3.63) is 0 Å². The van der Waals surface area contributed by atoms with Gasteiger partial charge in [-0.15, -0.1) is 0 Å². The fraction of sp³-hybridized carbons (Fsp3) is 0.786. The molecule has 1 fully saturated rings. The molecule has 4 atom stereocenters. The molecular formula is C56H104N12O28P4. The summed E-state index contributed by atoms with van der Waals surface area (Å²) in [6.07, 6.45) is -6.97. The number of hydrogen-bond acceptors (Lipinski definition) is 28. The Morgan fingerprint density at radius 3 is 0.580 bits per heavy atom. The van der Waals surface area contributed by atoms with Gasteiger partial charge in [-0.25, -0.2) is 0 Å². The van der Waals surface area contributed by atoms with E-state index in [0.717, 1.165) is 0 Å². The van der Waals surface area contributed by atoms with E-state index < -0.39 is 228 Å². The quantitative estimate of drug-likeness (QED) is 0.0356. The Kier molecular flexibility index (Phi) is 45.7. The lowest BCUT2D eigenvalue weighted by Gasteiger charge is -2.34. The lowest BCUT2D eigenvalue weighted by Crippen LogP contribution is -2.55. The zero-order chi connectivity index (χ0) is 75.5. The van der Waals surface area contributed by atoms with Gasteiger partial charge in [0.1, 0.15) is 49.3 Å².